The Morgan fingerprint density at radius 1 is 1.75 bits per heavy atom. The zero-order valence-corrected chi connectivity index (χ0v) is 6.83. The van der Waals surface area contributed by atoms with Crippen LogP contribution < -0.4 is 5.32 Å². The maximum atomic E-state index is 10.9. The minimum atomic E-state index is -0.648. The van der Waals surface area contributed by atoms with Gasteiger partial charge in [0, 0.05) is 6.42 Å². The second-order valence-electron chi connectivity index (χ2n) is 2.47. The van der Waals surface area contributed by atoms with Gasteiger partial charge < -0.3 is 14.8 Å². The van der Waals surface area contributed by atoms with Gasteiger partial charge in [0.25, 0.3) is 0 Å². The molecule has 5 nitrogen and oxygen atoms in total. The van der Waals surface area contributed by atoms with Gasteiger partial charge in [-0.1, -0.05) is 0 Å². The van der Waals surface area contributed by atoms with Crippen molar-refractivity contribution < 1.29 is 19.1 Å². The average Bonchev–Trinajstić information content (AvgIpc) is 2.28. The SMILES string of the molecule is COC(=O)[C@H]1COCCC(=O)N1. The van der Waals surface area contributed by atoms with Crippen LogP contribution in [0.2, 0.25) is 0 Å². The van der Waals surface area contributed by atoms with Gasteiger partial charge in [0.15, 0.2) is 6.04 Å². The second kappa shape index (κ2) is 4.06. The summed E-state index contributed by atoms with van der Waals surface area (Å²) in [5.41, 5.74) is 0. The fraction of sp³-hybridized carbons (Fsp3) is 0.714. The molecule has 1 saturated heterocycles. The van der Waals surface area contributed by atoms with Crippen LogP contribution in [0.4, 0.5) is 0 Å². The van der Waals surface area contributed by atoms with Crippen molar-refractivity contribution in [1.29, 1.82) is 0 Å². The largest absolute Gasteiger partial charge is 0.467 e. The first-order valence-corrected chi connectivity index (χ1v) is 3.69. The molecule has 0 radical (unpaired) electrons. The third-order valence-corrected chi connectivity index (χ3v) is 1.58. The lowest BCUT2D eigenvalue weighted by Gasteiger charge is -2.11. The topological polar surface area (TPSA) is 64.6 Å². The van der Waals surface area contributed by atoms with Crippen molar-refractivity contribution in [2.75, 3.05) is 20.3 Å². The smallest absolute Gasteiger partial charge is 0.330 e. The van der Waals surface area contributed by atoms with E-state index in [9.17, 15) is 9.59 Å². The number of methoxy groups -OCH3 is 1. The maximum Gasteiger partial charge on any atom is 0.330 e. The molecule has 0 bridgehead atoms. The van der Waals surface area contributed by atoms with E-state index in [1.54, 1.807) is 0 Å². The van der Waals surface area contributed by atoms with E-state index in [2.05, 4.69) is 10.1 Å². The first-order valence-electron chi connectivity index (χ1n) is 3.69. The van der Waals surface area contributed by atoms with Crippen molar-refractivity contribution in [3.05, 3.63) is 0 Å². The van der Waals surface area contributed by atoms with E-state index < -0.39 is 12.0 Å². The Bertz CT molecular complexity index is 192. The number of nitrogens with one attached hydrogen (secondary N) is 1. The molecule has 0 saturated carbocycles. The maximum absolute atomic E-state index is 10.9. The summed E-state index contributed by atoms with van der Waals surface area (Å²) in [5.74, 6) is -0.645. The van der Waals surface area contributed by atoms with Crippen molar-refractivity contribution in [2.24, 2.45) is 0 Å². The standard InChI is InChI=1S/C7H11NO4/c1-11-7(10)5-4-12-3-2-6(9)8-5/h5H,2-4H2,1H3,(H,8,9)/t5-/m1/s1. The first kappa shape index (κ1) is 8.99. The van der Waals surface area contributed by atoms with Crippen LogP contribution in [0.5, 0.6) is 0 Å². The van der Waals surface area contributed by atoms with Crippen LogP contribution in [0.1, 0.15) is 6.42 Å². The minimum absolute atomic E-state index is 0.178. The molecule has 0 unspecified atom stereocenters. The van der Waals surface area contributed by atoms with Crippen molar-refractivity contribution in [3.8, 4) is 0 Å². The zero-order chi connectivity index (χ0) is 8.97. The number of carbonyl (C=O) groups excluding carboxylic acids is 2. The molecular formula is C7H11NO4. The summed E-state index contributed by atoms with van der Waals surface area (Å²) < 4.78 is 9.48. The Morgan fingerprint density at radius 3 is 3.17 bits per heavy atom. The molecule has 0 aromatic rings. The quantitative estimate of drug-likeness (QED) is 0.520. The molecule has 1 rings (SSSR count). The summed E-state index contributed by atoms with van der Waals surface area (Å²) in [6, 6.07) is -0.648. The minimum Gasteiger partial charge on any atom is -0.467 e. The Hall–Kier alpha value is -1.10. The van der Waals surface area contributed by atoms with Crippen molar-refractivity contribution in [2.45, 2.75) is 12.5 Å². The van der Waals surface area contributed by atoms with Crippen LogP contribution in [-0.2, 0) is 19.1 Å². The monoisotopic (exact) mass is 173 g/mol. The van der Waals surface area contributed by atoms with Crippen molar-refractivity contribution in [3.63, 3.8) is 0 Å². The number of carbonyl (C=O) groups is 2. The summed E-state index contributed by atoms with van der Waals surface area (Å²) in [5, 5.41) is 2.49. The average molecular weight is 173 g/mol. The molecule has 1 N–H and O–H groups in total. The Labute approximate surface area is 70.0 Å². The van der Waals surface area contributed by atoms with Crippen LogP contribution >= 0.6 is 0 Å². The van der Waals surface area contributed by atoms with E-state index in [1.807, 2.05) is 0 Å². The summed E-state index contributed by atoms with van der Waals surface area (Å²) in [6.45, 7) is 0.553. The Kier molecular flexibility index (Phi) is 3.04. The van der Waals surface area contributed by atoms with E-state index in [4.69, 9.17) is 4.74 Å². The van der Waals surface area contributed by atoms with Crippen LogP contribution in [-0.4, -0.2) is 38.2 Å². The highest BCUT2D eigenvalue weighted by Gasteiger charge is 2.23. The first-order chi connectivity index (χ1) is 5.74. The summed E-state index contributed by atoms with van der Waals surface area (Å²) in [6.07, 6.45) is 0.299. The summed E-state index contributed by atoms with van der Waals surface area (Å²) in [7, 11) is 1.28. The number of amides is 1. The highest BCUT2D eigenvalue weighted by molar-refractivity contribution is 5.84. The van der Waals surface area contributed by atoms with Gasteiger partial charge in [-0.15, -0.1) is 0 Å². The second-order valence-corrected chi connectivity index (χ2v) is 2.47. The molecule has 0 spiro atoms. The molecular weight excluding hydrogens is 162 g/mol. The van der Waals surface area contributed by atoms with Crippen LogP contribution in [0.25, 0.3) is 0 Å². The third-order valence-electron chi connectivity index (χ3n) is 1.58. The highest BCUT2D eigenvalue weighted by Crippen LogP contribution is 1.97. The molecule has 0 aliphatic carbocycles. The van der Waals surface area contributed by atoms with E-state index in [-0.39, 0.29) is 12.5 Å². The van der Waals surface area contributed by atoms with Gasteiger partial charge in [-0.25, -0.2) is 4.79 Å². The molecule has 1 amide bonds. The molecule has 1 aliphatic rings. The number of esters is 1. The normalized spacial score (nSPS) is 24.1. The fourth-order valence-corrected chi connectivity index (χ4v) is 0.943. The third kappa shape index (κ3) is 2.20. The van der Waals surface area contributed by atoms with Gasteiger partial charge in [0.05, 0.1) is 20.3 Å². The Balaban J connectivity index is 2.51. The number of hydrogen-bond acceptors (Lipinski definition) is 4. The van der Waals surface area contributed by atoms with Crippen LogP contribution in [0, 0.1) is 0 Å². The predicted molar refractivity (Wildman–Crippen MR) is 39.4 cm³/mol. The predicted octanol–water partition coefficient (Wildman–Crippen LogP) is -0.935. The van der Waals surface area contributed by atoms with Gasteiger partial charge >= 0.3 is 5.97 Å². The fourth-order valence-electron chi connectivity index (χ4n) is 0.943. The van der Waals surface area contributed by atoms with Gasteiger partial charge in [0.1, 0.15) is 0 Å². The molecule has 1 atom stereocenters. The Morgan fingerprint density at radius 2 is 2.50 bits per heavy atom. The molecule has 0 aromatic heterocycles. The number of rotatable bonds is 1. The van der Waals surface area contributed by atoms with Crippen LogP contribution in [0.15, 0.2) is 0 Å². The lowest BCUT2D eigenvalue weighted by molar-refractivity contribution is -0.145. The lowest BCUT2D eigenvalue weighted by Crippen LogP contribution is -2.42. The number of hydrogen-bond donors (Lipinski definition) is 1. The summed E-state index contributed by atoms with van der Waals surface area (Å²) in [4.78, 5) is 21.9. The molecule has 1 aliphatic heterocycles. The van der Waals surface area contributed by atoms with Crippen molar-refractivity contribution >= 4 is 11.9 Å². The lowest BCUT2D eigenvalue weighted by atomic mass is 10.3. The van der Waals surface area contributed by atoms with E-state index in [0.29, 0.717) is 13.0 Å². The zero-order valence-electron chi connectivity index (χ0n) is 6.83. The van der Waals surface area contributed by atoms with Gasteiger partial charge in [-0.05, 0) is 0 Å². The molecule has 1 fully saturated rings. The van der Waals surface area contributed by atoms with Gasteiger partial charge in [0.2, 0.25) is 5.91 Å². The summed E-state index contributed by atoms with van der Waals surface area (Å²) >= 11 is 0. The van der Waals surface area contributed by atoms with Gasteiger partial charge in [-0.3, -0.25) is 4.79 Å². The molecule has 1 heterocycles. The van der Waals surface area contributed by atoms with Gasteiger partial charge in [-0.2, -0.15) is 0 Å². The van der Waals surface area contributed by atoms with Crippen molar-refractivity contribution in [1.82, 2.24) is 5.32 Å². The molecule has 5 heteroatoms. The molecule has 0 aromatic carbocycles. The van der Waals surface area contributed by atoms with E-state index in [0.717, 1.165) is 0 Å². The molecule has 68 valence electrons. The molecule has 12 heavy (non-hydrogen) atoms. The highest BCUT2D eigenvalue weighted by atomic mass is 16.5. The van der Waals surface area contributed by atoms with Crippen LogP contribution in [0.3, 0.4) is 0 Å². The van der Waals surface area contributed by atoms with E-state index in [1.165, 1.54) is 7.11 Å². The number of ether oxygens (including phenoxy) is 2. The van der Waals surface area contributed by atoms with E-state index >= 15 is 0 Å².